The summed E-state index contributed by atoms with van der Waals surface area (Å²) in [4.78, 5) is 23.5. The number of hydrogen-bond acceptors (Lipinski definition) is 3. The summed E-state index contributed by atoms with van der Waals surface area (Å²) < 4.78 is 2.37. The highest BCUT2D eigenvalue weighted by Crippen LogP contribution is 2.17. The summed E-state index contributed by atoms with van der Waals surface area (Å²) in [7, 11) is 0. The SMILES string of the molecule is CCn1cc(NC(=O)c2ccccc2I)c(C(N)=O)n1. The van der Waals surface area contributed by atoms with Gasteiger partial charge in [-0.2, -0.15) is 5.10 Å². The largest absolute Gasteiger partial charge is 0.364 e. The van der Waals surface area contributed by atoms with Crippen LogP contribution in [0.4, 0.5) is 5.69 Å². The Labute approximate surface area is 129 Å². The maximum Gasteiger partial charge on any atom is 0.271 e. The van der Waals surface area contributed by atoms with Gasteiger partial charge in [-0.05, 0) is 41.6 Å². The van der Waals surface area contributed by atoms with Gasteiger partial charge in [0.15, 0.2) is 5.69 Å². The highest BCUT2D eigenvalue weighted by Gasteiger charge is 2.17. The standard InChI is InChI=1S/C13H13IN4O2/c1-2-18-7-10(11(17-18)12(15)19)16-13(20)8-5-3-4-6-9(8)14/h3-7H,2H2,1H3,(H2,15,19)(H,16,20). The smallest absolute Gasteiger partial charge is 0.271 e. The zero-order valence-electron chi connectivity index (χ0n) is 10.8. The van der Waals surface area contributed by atoms with Crippen LogP contribution in [0.15, 0.2) is 30.5 Å². The van der Waals surface area contributed by atoms with E-state index < -0.39 is 5.91 Å². The first kappa shape index (κ1) is 14.5. The van der Waals surface area contributed by atoms with Gasteiger partial charge in [-0.15, -0.1) is 0 Å². The highest BCUT2D eigenvalue weighted by molar-refractivity contribution is 14.1. The predicted molar refractivity (Wildman–Crippen MR) is 83.5 cm³/mol. The predicted octanol–water partition coefficient (Wildman–Crippen LogP) is 1.86. The Kier molecular flexibility index (Phi) is 4.38. The third kappa shape index (κ3) is 2.98. The molecule has 6 nitrogen and oxygen atoms in total. The van der Waals surface area contributed by atoms with Crippen LogP contribution in [0, 0.1) is 3.57 Å². The molecule has 0 unspecified atom stereocenters. The van der Waals surface area contributed by atoms with E-state index in [0.29, 0.717) is 17.8 Å². The number of carbonyl (C=O) groups excluding carboxylic acids is 2. The second kappa shape index (κ2) is 6.04. The molecule has 0 saturated heterocycles. The van der Waals surface area contributed by atoms with Crippen molar-refractivity contribution in [2.45, 2.75) is 13.5 Å². The summed E-state index contributed by atoms with van der Waals surface area (Å²) in [6.45, 7) is 2.46. The van der Waals surface area contributed by atoms with Gasteiger partial charge in [0.1, 0.15) is 0 Å². The molecule has 1 aromatic heterocycles. The number of halogens is 1. The number of aryl methyl sites for hydroxylation is 1. The van der Waals surface area contributed by atoms with E-state index in [9.17, 15) is 9.59 Å². The number of aromatic nitrogens is 2. The van der Waals surface area contributed by atoms with Crippen LogP contribution in [0.25, 0.3) is 0 Å². The quantitative estimate of drug-likeness (QED) is 0.789. The first-order chi connectivity index (χ1) is 9.52. The average molecular weight is 384 g/mol. The van der Waals surface area contributed by atoms with Gasteiger partial charge in [0.2, 0.25) is 0 Å². The second-order valence-corrected chi connectivity index (χ2v) is 5.21. The van der Waals surface area contributed by atoms with Gasteiger partial charge in [-0.1, -0.05) is 12.1 Å². The molecule has 104 valence electrons. The lowest BCUT2D eigenvalue weighted by Crippen LogP contribution is -2.18. The Morgan fingerprint density at radius 3 is 2.70 bits per heavy atom. The monoisotopic (exact) mass is 384 g/mol. The number of anilines is 1. The van der Waals surface area contributed by atoms with Gasteiger partial charge in [-0.25, -0.2) is 0 Å². The minimum absolute atomic E-state index is 0.0612. The van der Waals surface area contributed by atoms with Crippen LogP contribution in [-0.4, -0.2) is 21.6 Å². The van der Waals surface area contributed by atoms with E-state index >= 15 is 0 Å². The van der Waals surface area contributed by atoms with Gasteiger partial charge >= 0.3 is 0 Å². The lowest BCUT2D eigenvalue weighted by atomic mass is 10.2. The first-order valence-corrected chi connectivity index (χ1v) is 7.04. The van der Waals surface area contributed by atoms with Crippen LogP contribution in [0.1, 0.15) is 27.8 Å². The topological polar surface area (TPSA) is 90.0 Å². The Balaban J connectivity index is 2.30. The molecule has 0 bridgehead atoms. The van der Waals surface area contributed by atoms with Gasteiger partial charge in [0, 0.05) is 16.3 Å². The molecule has 0 aliphatic carbocycles. The number of primary amides is 1. The van der Waals surface area contributed by atoms with E-state index in [4.69, 9.17) is 5.73 Å². The molecule has 2 amide bonds. The Hall–Kier alpha value is -1.90. The zero-order chi connectivity index (χ0) is 14.7. The molecular weight excluding hydrogens is 371 g/mol. The molecule has 20 heavy (non-hydrogen) atoms. The number of nitrogens with two attached hydrogens (primary N) is 1. The highest BCUT2D eigenvalue weighted by atomic mass is 127. The molecule has 0 saturated carbocycles. The van der Waals surface area contributed by atoms with Crippen molar-refractivity contribution in [1.29, 1.82) is 0 Å². The van der Waals surface area contributed by atoms with Gasteiger partial charge in [-0.3, -0.25) is 14.3 Å². The van der Waals surface area contributed by atoms with Crippen molar-refractivity contribution in [3.63, 3.8) is 0 Å². The first-order valence-electron chi connectivity index (χ1n) is 5.96. The van der Waals surface area contributed by atoms with E-state index in [1.54, 1.807) is 23.0 Å². The van der Waals surface area contributed by atoms with Crippen LogP contribution in [0.5, 0.6) is 0 Å². The third-order valence-corrected chi connectivity index (χ3v) is 3.63. The fourth-order valence-corrected chi connectivity index (χ4v) is 2.32. The number of amides is 2. The Morgan fingerprint density at radius 1 is 1.40 bits per heavy atom. The van der Waals surface area contributed by atoms with Crippen molar-refractivity contribution in [3.05, 3.63) is 45.3 Å². The molecular formula is C13H13IN4O2. The van der Waals surface area contributed by atoms with Crippen LogP contribution in [0.2, 0.25) is 0 Å². The molecule has 1 aromatic carbocycles. The Bertz CT molecular complexity index is 666. The van der Waals surface area contributed by atoms with Crippen LogP contribution in [-0.2, 0) is 6.54 Å². The number of hydrogen-bond donors (Lipinski definition) is 2. The van der Waals surface area contributed by atoms with E-state index in [1.807, 2.05) is 19.1 Å². The molecule has 0 radical (unpaired) electrons. The molecule has 1 heterocycles. The summed E-state index contributed by atoms with van der Waals surface area (Å²) in [5.41, 5.74) is 6.18. The molecule has 0 fully saturated rings. The van der Waals surface area contributed by atoms with Gasteiger partial charge in [0.05, 0.1) is 11.3 Å². The maximum absolute atomic E-state index is 12.2. The fourth-order valence-electron chi connectivity index (χ4n) is 1.69. The van der Waals surface area contributed by atoms with Crippen molar-refractivity contribution in [2.24, 2.45) is 5.73 Å². The lowest BCUT2D eigenvalue weighted by molar-refractivity contribution is 0.0995. The fraction of sp³-hybridized carbons (Fsp3) is 0.154. The number of nitrogens with zero attached hydrogens (tertiary/aromatic N) is 2. The van der Waals surface area contributed by atoms with E-state index in [1.165, 1.54) is 0 Å². The molecule has 3 N–H and O–H groups in total. The number of rotatable bonds is 4. The van der Waals surface area contributed by atoms with Crippen molar-refractivity contribution < 1.29 is 9.59 Å². The summed E-state index contributed by atoms with van der Waals surface area (Å²) >= 11 is 2.08. The van der Waals surface area contributed by atoms with Gasteiger partial charge < -0.3 is 11.1 Å². The minimum atomic E-state index is -0.671. The van der Waals surface area contributed by atoms with Crippen LogP contribution in [0.3, 0.4) is 0 Å². The number of nitrogens with one attached hydrogen (secondary N) is 1. The van der Waals surface area contributed by atoms with Crippen LogP contribution < -0.4 is 11.1 Å². The third-order valence-electron chi connectivity index (χ3n) is 2.69. The summed E-state index contributed by atoms with van der Waals surface area (Å²) in [5, 5.41) is 6.70. The van der Waals surface area contributed by atoms with Gasteiger partial charge in [0.25, 0.3) is 11.8 Å². The van der Waals surface area contributed by atoms with E-state index in [-0.39, 0.29) is 11.6 Å². The second-order valence-electron chi connectivity index (χ2n) is 4.05. The summed E-state index contributed by atoms with van der Waals surface area (Å²) in [6.07, 6.45) is 1.59. The number of benzene rings is 1. The Morgan fingerprint density at radius 2 is 2.10 bits per heavy atom. The minimum Gasteiger partial charge on any atom is -0.364 e. The molecule has 2 aromatic rings. The van der Waals surface area contributed by atoms with E-state index in [2.05, 4.69) is 33.0 Å². The number of carbonyl (C=O) groups is 2. The van der Waals surface area contributed by atoms with Crippen molar-refractivity contribution >= 4 is 40.1 Å². The van der Waals surface area contributed by atoms with E-state index in [0.717, 1.165) is 3.57 Å². The zero-order valence-corrected chi connectivity index (χ0v) is 12.9. The molecule has 0 aliphatic heterocycles. The lowest BCUT2D eigenvalue weighted by Gasteiger charge is -2.05. The maximum atomic E-state index is 12.2. The molecule has 7 heteroatoms. The van der Waals surface area contributed by atoms with Crippen molar-refractivity contribution in [2.75, 3.05) is 5.32 Å². The van der Waals surface area contributed by atoms with Crippen LogP contribution >= 0.6 is 22.6 Å². The van der Waals surface area contributed by atoms with Crippen molar-refractivity contribution in [1.82, 2.24) is 9.78 Å². The molecule has 0 spiro atoms. The molecule has 0 atom stereocenters. The molecule has 2 rings (SSSR count). The van der Waals surface area contributed by atoms with Crippen molar-refractivity contribution in [3.8, 4) is 0 Å². The summed E-state index contributed by atoms with van der Waals surface area (Å²) in [6, 6.07) is 7.18. The molecule has 0 aliphatic rings. The normalized spacial score (nSPS) is 10.3. The summed E-state index contributed by atoms with van der Waals surface area (Å²) in [5.74, 6) is -0.969. The average Bonchev–Trinajstić information content (AvgIpc) is 2.82.